The maximum absolute atomic E-state index is 13.8. The fourth-order valence-electron chi connectivity index (χ4n) is 3.17. The van der Waals surface area contributed by atoms with Gasteiger partial charge >= 0.3 is 19.4 Å². The molecule has 3 N–H and O–H groups in total. The van der Waals surface area contributed by atoms with Gasteiger partial charge in [-0.25, -0.2) is 9.36 Å². The number of carbonyl (C=O) groups excluding carboxylic acids is 1. The molecule has 1 fully saturated rings. The van der Waals surface area contributed by atoms with Gasteiger partial charge in [-0.3, -0.25) is 18.9 Å². The van der Waals surface area contributed by atoms with Crippen LogP contribution in [0.2, 0.25) is 0 Å². The molecule has 0 aliphatic carbocycles. The molecule has 0 saturated carbocycles. The van der Waals surface area contributed by atoms with Gasteiger partial charge in [-0.15, -0.1) is 11.6 Å². The zero-order chi connectivity index (χ0) is 28.4. The molecule has 14 heteroatoms. The molecule has 0 radical (unpaired) electrons. The second-order valence-electron chi connectivity index (χ2n) is 8.31. The normalized spacial score (nSPS) is 25.5. The minimum atomic E-state index is -4.68. The van der Waals surface area contributed by atoms with Crippen LogP contribution in [0.5, 0.6) is 5.75 Å². The van der Waals surface area contributed by atoms with Crippen molar-refractivity contribution in [1.82, 2.24) is 14.6 Å². The molecule has 0 spiro atoms. The summed E-state index contributed by atoms with van der Waals surface area (Å²) >= 11 is 11.4. The van der Waals surface area contributed by atoms with Crippen LogP contribution < -0.4 is 15.3 Å². The molecule has 0 bridgehead atoms. The zero-order valence-electron chi connectivity index (χ0n) is 21.9. The predicted octanol–water partition coefficient (Wildman–Crippen LogP) is 3.21. The van der Waals surface area contributed by atoms with E-state index in [2.05, 4.69) is 10.1 Å². The van der Waals surface area contributed by atoms with E-state index in [1.165, 1.54) is 25.3 Å². The Morgan fingerprint density at radius 2 is 2.06 bits per heavy atom. The molecule has 11 nitrogen and oxygen atoms in total. The SMILES string of the molecule is [2H]C([2H])(OP(=O)(N[C@@H](C)C(=O)OC(C)C)Oc1ccccc1)[C@@H]1O[C@H](n2cc(C)c(=S)[nH]c2=O)[C@H](Cl)C1O. The lowest BCUT2D eigenvalue weighted by Gasteiger charge is -2.25. The second kappa shape index (κ2) is 12.0. The number of carbonyl (C=O) groups is 1. The predicted molar refractivity (Wildman–Crippen MR) is 135 cm³/mol. The number of benzene rings is 1. The molecule has 1 saturated heterocycles. The van der Waals surface area contributed by atoms with Gasteiger partial charge in [0, 0.05) is 11.8 Å². The summed E-state index contributed by atoms with van der Waals surface area (Å²) in [6.45, 7) is 3.23. The number of aliphatic hydroxyl groups excluding tert-OH is 1. The lowest BCUT2D eigenvalue weighted by molar-refractivity contribution is -0.149. The van der Waals surface area contributed by atoms with Crippen molar-refractivity contribution in [1.29, 1.82) is 0 Å². The van der Waals surface area contributed by atoms with Crippen molar-refractivity contribution in [2.75, 3.05) is 6.56 Å². The highest BCUT2D eigenvalue weighted by Crippen LogP contribution is 2.46. The van der Waals surface area contributed by atoms with Gasteiger partial charge in [-0.05, 0) is 39.8 Å². The molecular weight excluding hydrogens is 533 g/mol. The van der Waals surface area contributed by atoms with E-state index in [1.54, 1.807) is 39.0 Å². The number of aromatic amines is 1. The third kappa shape index (κ3) is 7.04. The molecule has 2 heterocycles. The Kier molecular flexibility index (Phi) is 8.53. The fourth-order valence-corrected chi connectivity index (χ4v) is 4.99. The van der Waals surface area contributed by atoms with Crippen molar-refractivity contribution >= 4 is 37.5 Å². The second-order valence-corrected chi connectivity index (χ2v) is 10.8. The van der Waals surface area contributed by atoms with Crippen LogP contribution in [0, 0.1) is 11.6 Å². The van der Waals surface area contributed by atoms with E-state index in [1.807, 2.05) is 0 Å². The first-order valence-corrected chi connectivity index (χ1v) is 13.4. The summed E-state index contributed by atoms with van der Waals surface area (Å²) in [6, 6.07) is 6.51. The van der Waals surface area contributed by atoms with Gasteiger partial charge in [-0.2, -0.15) is 5.09 Å². The Morgan fingerprint density at radius 3 is 2.69 bits per heavy atom. The van der Waals surface area contributed by atoms with Crippen molar-refractivity contribution in [3.05, 3.63) is 57.2 Å². The molecule has 1 aromatic carbocycles. The summed E-state index contributed by atoms with van der Waals surface area (Å²) in [5.74, 6) is -0.735. The zero-order valence-corrected chi connectivity index (χ0v) is 22.4. The van der Waals surface area contributed by atoms with E-state index in [0.29, 0.717) is 5.56 Å². The van der Waals surface area contributed by atoms with Gasteiger partial charge in [0.15, 0.2) is 6.23 Å². The molecule has 3 rings (SSSR count). The summed E-state index contributed by atoms with van der Waals surface area (Å²) in [5.41, 5.74) is -0.181. The third-order valence-electron chi connectivity index (χ3n) is 4.93. The van der Waals surface area contributed by atoms with Gasteiger partial charge in [0.25, 0.3) is 0 Å². The first-order chi connectivity index (χ1) is 17.6. The number of aryl methyl sites for hydroxylation is 1. The number of hydrogen-bond donors (Lipinski definition) is 3. The van der Waals surface area contributed by atoms with Crippen LogP contribution in [-0.4, -0.2) is 56.9 Å². The Bertz CT molecular complexity index is 1310. The Labute approximate surface area is 221 Å². The molecule has 0 amide bonds. The van der Waals surface area contributed by atoms with Crippen LogP contribution in [0.4, 0.5) is 0 Å². The molecule has 36 heavy (non-hydrogen) atoms. The van der Waals surface area contributed by atoms with Crippen LogP contribution >= 0.6 is 31.6 Å². The Balaban J connectivity index is 1.90. The number of aromatic nitrogens is 2. The summed E-state index contributed by atoms with van der Waals surface area (Å²) in [6.07, 6.45) is -3.96. The molecule has 2 aromatic rings. The van der Waals surface area contributed by atoms with E-state index in [9.17, 15) is 19.3 Å². The molecule has 1 aliphatic rings. The number of alkyl halides is 1. The van der Waals surface area contributed by atoms with Crippen molar-refractivity contribution < 1.29 is 35.7 Å². The fraction of sp³-hybridized carbons (Fsp3) is 0.500. The lowest BCUT2D eigenvalue weighted by atomic mass is 10.2. The number of nitrogens with one attached hydrogen (secondary N) is 2. The van der Waals surface area contributed by atoms with E-state index < -0.39 is 61.9 Å². The quantitative estimate of drug-likeness (QED) is 0.171. The van der Waals surface area contributed by atoms with Crippen molar-refractivity contribution in [3.63, 3.8) is 0 Å². The smallest absolute Gasteiger partial charge is 0.459 e. The summed E-state index contributed by atoms with van der Waals surface area (Å²) < 4.78 is 53.5. The van der Waals surface area contributed by atoms with Gasteiger partial charge in [0.05, 0.1) is 15.4 Å². The number of hydrogen-bond acceptors (Lipinski definition) is 9. The number of H-pyrrole nitrogens is 1. The van der Waals surface area contributed by atoms with E-state index >= 15 is 0 Å². The van der Waals surface area contributed by atoms with Gasteiger partial charge < -0.3 is 19.1 Å². The standard InChI is InChI=1S/C22H29ClN3O8PS/c1-12(2)32-21(28)14(4)25-35(30,34-15-8-6-5-7-9-15)31-11-16-18(27)17(23)20(33-16)26-10-13(3)19(36)24-22(26)29/h5-10,12,14,16-18,20,27H,11H2,1-4H3,(H,25,30)(H,24,29,36)/t14-,16-,17+,18?,20-,35?/m0/s1/i11D2. The van der Waals surface area contributed by atoms with Crippen LogP contribution in [0.15, 0.2) is 41.3 Å². The van der Waals surface area contributed by atoms with Crippen LogP contribution in [0.25, 0.3) is 0 Å². The topological polar surface area (TPSA) is 141 Å². The highest BCUT2D eigenvalue weighted by molar-refractivity contribution is 7.71. The number of aliphatic hydroxyl groups is 1. The van der Waals surface area contributed by atoms with E-state index in [-0.39, 0.29) is 10.4 Å². The first-order valence-electron chi connectivity index (χ1n) is 12.0. The number of esters is 1. The van der Waals surface area contributed by atoms with Crippen molar-refractivity contribution in [2.45, 2.75) is 63.7 Å². The molecule has 6 atom stereocenters. The van der Waals surface area contributed by atoms with Crippen LogP contribution in [0.1, 0.15) is 35.3 Å². The number of rotatable bonds is 10. The minimum Gasteiger partial charge on any atom is -0.462 e. The van der Waals surface area contributed by atoms with Gasteiger partial charge in [0.1, 0.15) is 34.0 Å². The first kappa shape index (κ1) is 25.6. The number of ether oxygens (including phenoxy) is 2. The maximum Gasteiger partial charge on any atom is 0.459 e. The molecule has 1 aliphatic heterocycles. The average molecular weight is 564 g/mol. The number of para-hydroxylation sites is 1. The summed E-state index contributed by atoms with van der Waals surface area (Å²) in [4.78, 5) is 27.2. The van der Waals surface area contributed by atoms with Gasteiger partial charge in [0.2, 0.25) is 0 Å². The summed E-state index contributed by atoms with van der Waals surface area (Å²) in [5, 5.41) is 11.8. The van der Waals surface area contributed by atoms with Gasteiger partial charge in [-0.1, -0.05) is 30.4 Å². The van der Waals surface area contributed by atoms with Crippen molar-refractivity contribution in [2.24, 2.45) is 0 Å². The number of halogens is 1. The largest absolute Gasteiger partial charge is 0.462 e. The monoisotopic (exact) mass is 563 g/mol. The highest BCUT2D eigenvalue weighted by atomic mass is 35.5. The average Bonchev–Trinajstić information content (AvgIpc) is 3.11. The van der Waals surface area contributed by atoms with E-state index in [4.69, 9.17) is 45.1 Å². The lowest BCUT2D eigenvalue weighted by Crippen LogP contribution is -2.37. The number of nitrogens with zero attached hydrogens (tertiary/aromatic N) is 1. The molecule has 1 aromatic heterocycles. The Hall–Kier alpha value is -2.05. The van der Waals surface area contributed by atoms with Crippen LogP contribution in [-0.2, 0) is 23.4 Å². The molecular formula is C22H29ClN3O8PS. The molecule has 198 valence electrons. The third-order valence-corrected chi connectivity index (χ3v) is 7.33. The van der Waals surface area contributed by atoms with Crippen molar-refractivity contribution in [3.8, 4) is 5.75 Å². The van der Waals surface area contributed by atoms with Crippen LogP contribution in [0.3, 0.4) is 0 Å². The van der Waals surface area contributed by atoms with E-state index in [0.717, 1.165) is 4.57 Å². The highest BCUT2D eigenvalue weighted by Gasteiger charge is 2.45. The summed E-state index contributed by atoms with van der Waals surface area (Å²) in [7, 11) is -4.68. The minimum absolute atomic E-state index is 0.0473. The maximum atomic E-state index is 13.8. The Morgan fingerprint density at radius 1 is 1.39 bits per heavy atom. The molecule has 2 unspecified atom stereocenters.